The van der Waals surface area contributed by atoms with Gasteiger partial charge in [-0.25, -0.2) is 4.39 Å². The average Bonchev–Trinajstić information content (AvgIpc) is 3.01. The molecule has 2 rings (SSSR count). The lowest BCUT2D eigenvalue weighted by molar-refractivity contribution is -0.137. The Morgan fingerprint density at radius 3 is 2.42 bits per heavy atom. The van der Waals surface area contributed by atoms with Crippen molar-refractivity contribution in [1.82, 2.24) is 4.90 Å². The van der Waals surface area contributed by atoms with Crippen molar-refractivity contribution in [3.8, 4) is 11.3 Å². The van der Waals surface area contributed by atoms with Gasteiger partial charge in [-0.3, -0.25) is 9.59 Å². The van der Waals surface area contributed by atoms with Crippen LogP contribution in [0.25, 0.3) is 11.3 Å². The third kappa shape index (κ3) is 4.68. The van der Waals surface area contributed by atoms with Crippen LogP contribution in [0.2, 0.25) is 0 Å². The van der Waals surface area contributed by atoms with Gasteiger partial charge in [-0.15, -0.1) is 0 Å². The first-order valence-electron chi connectivity index (χ1n) is 7.73. The van der Waals surface area contributed by atoms with Gasteiger partial charge in [0.15, 0.2) is 5.76 Å². The predicted molar refractivity (Wildman–Crippen MR) is 87.1 cm³/mol. The molecule has 1 aromatic heterocycles. The zero-order valence-electron chi connectivity index (χ0n) is 13.7. The molecule has 0 fully saturated rings. The molecule has 2 aromatic rings. The van der Waals surface area contributed by atoms with E-state index in [0.717, 1.165) is 0 Å². The van der Waals surface area contributed by atoms with Crippen LogP contribution in [-0.4, -0.2) is 35.0 Å². The minimum absolute atomic E-state index is 0.121. The van der Waals surface area contributed by atoms with Gasteiger partial charge in [-0.2, -0.15) is 0 Å². The smallest absolute Gasteiger partial charge is 0.305 e. The molecule has 128 valence electrons. The molecule has 24 heavy (non-hydrogen) atoms. The van der Waals surface area contributed by atoms with E-state index >= 15 is 0 Å². The van der Waals surface area contributed by atoms with E-state index in [9.17, 15) is 14.0 Å². The summed E-state index contributed by atoms with van der Waals surface area (Å²) in [6.07, 6.45) is -0.121. The van der Waals surface area contributed by atoms with E-state index in [1.165, 1.54) is 17.0 Å². The first-order chi connectivity index (χ1) is 11.4. The summed E-state index contributed by atoms with van der Waals surface area (Å²) < 4.78 is 18.6. The normalized spacial score (nSPS) is 10.8. The summed E-state index contributed by atoms with van der Waals surface area (Å²) >= 11 is 0. The maximum Gasteiger partial charge on any atom is 0.305 e. The fraction of sp³-hybridized carbons (Fsp3) is 0.333. The van der Waals surface area contributed by atoms with Crippen molar-refractivity contribution < 1.29 is 23.5 Å². The lowest BCUT2D eigenvalue weighted by atomic mass is 10.2. The Bertz CT molecular complexity index is 706. The zero-order chi connectivity index (χ0) is 17.7. The number of carbonyl (C=O) groups excluding carboxylic acids is 1. The fourth-order valence-corrected chi connectivity index (χ4v) is 2.33. The minimum atomic E-state index is -0.956. The van der Waals surface area contributed by atoms with Gasteiger partial charge in [0, 0.05) is 18.7 Å². The maximum absolute atomic E-state index is 13.0. The molecule has 0 saturated heterocycles. The number of halogens is 1. The number of aliphatic carboxylic acids is 1. The molecular weight excluding hydrogens is 313 g/mol. The molecule has 1 aromatic carbocycles. The highest BCUT2D eigenvalue weighted by Crippen LogP contribution is 2.23. The molecule has 1 N–H and O–H groups in total. The Balaban J connectivity index is 2.17. The molecule has 0 aliphatic rings. The highest BCUT2D eigenvalue weighted by molar-refractivity contribution is 5.92. The van der Waals surface area contributed by atoms with Crippen molar-refractivity contribution in [3.63, 3.8) is 0 Å². The average molecular weight is 333 g/mol. The summed E-state index contributed by atoms with van der Waals surface area (Å²) in [5.74, 6) is -0.851. The monoisotopic (exact) mass is 333 g/mol. The maximum atomic E-state index is 13.0. The predicted octanol–water partition coefficient (Wildman–Crippen LogP) is 3.66. The van der Waals surface area contributed by atoms with Crippen LogP contribution in [0.4, 0.5) is 4.39 Å². The van der Waals surface area contributed by atoms with E-state index in [0.29, 0.717) is 17.9 Å². The van der Waals surface area contributed by atoms with E-state index in [4.69, 9.17) is 9.52 Å². The number of rotatable bonds is 7. The van der Waals surface area contributed by atoms with Crippen molar-refractivity contribution in [1.29, 1.82) is 0 Å². The van der Waals surface area contributed by atoms with E-state index < -0.39 is 5.97 Å². The number of furan rings is 1. The van der Waals surface area contributed by atoms with Gasteiger partial charge in [0.1, 0.15) is 11.6 Å². The topological polar surface area (TPSA) is 70.8 Å². The van der Waals surface area contributed by atoms with E-state index in [1.807, 2.05) is 13.8 Å². The summed E-state index contributed by atoms with van der Waals surface area (Å²) in [6, 6.07) is 8.96. The Hall–Kier alpha value is -2.63. The molecule has 5 nitrogen and oxygen atoms in total. The van der Waals surface area contributed by atoms with Crippen LogP contribution in [0.5, 0.6) is 0 Å². The second kappa shape index (κ2) is 7.77. The van der Waals surface area contributed by atoms with Crippen LogP contribution in [0.15, 0.2) is 40.8 Å². The van der Waals surface area contributed by atoms with Crippen LogP contribution < -0.4 is 0 Å². The summed E-state index contributed by atoms with van der Waals surface area (Å²) in [5.41, 5.74) is 0.663. The number of amides is 1. The first kappa shape index (κ1) is 17.7. The fourth-order valence-electron chi connectivity index (χ4n) is 2.33. The first-order valence-corrected chi connectivity index (χ1v) is 7.73. The van der Waals surface area contributed by atoms with Gasteiger partial charge in [0.05, 0.1) is 6.42 Å². The van der Waals surface area contributed by atoms with Crippen LogP contribution in [-0.2, 0) is 4.79 Å². The molecule has 0 atom stereocenters. The molecular formula is C18H20FNO4. The molecule has 0 bridgehead atoms. The number of carbonyl (C=O) groups is 2. The number of nitrogens with zero attached hydrogens (tertiary/aromatic N) is 1. The molecule has 1 heterocycles. The molecule has 1 amide bonds. The third-order valence-corrected chi connectivity index (χ3v) is 3.41. The number of carboxylic acid groups (broad SMARTS) is 1. The van der Waals surface area contributed by atoms with Crippen LogP contribution >= 0.6 is 0 Å². The molecule has 0 aliphatic carbocycles. The second-order valence-electron chi connectivity index (χ2n) is 5.96. The van der Waals surface area contributed by atoms with Gasteiger partial charge in [0.2, 0.25) is 0 Å². The summed E-state index contributed by atoms with van der Waals surface area (Å²) in [7, 11) is 0. The Kier molecular flexibility index (Phi) is 5.73. The third-order valence-electron chi connectivity index (χ3n) is 3.41. The van der Waals surface area contributed by atoms with Crippen molar-refractivity contribution in [3.05, 3.63) is 48.0 Å². The SMILES string of the molecule is CC(C)CN(CCC(=O)O)C(=O)c1ccc(-c2ccc(F)cc2)o1. The molecule has 0 unspecified atom stereocenters. The van der Waals surface area contributed by atoms with E-state index in [2.05, 4.69) is 0 Å². The van der Waals surface area contributed by atoms with Gasteiger partial charge in [-0.05, 0) is 42.3 Å². The van der Waals surface area contributed by atoms with Gasteiger partial charge >= 0.3 is 5.97 Å². The number of carboxylic acids is 1. The molecule has 0 aliphatic heterocycles. The van der Waals surface area contributed by atoms with Crippen molar-refractivity contribution in [2.24, 2.45) is 5.92 Å². The Morgan fingerprint density at radius 1 is 1.17 bits per heavy atom. The van der Waals surface area contributed by atoms with E-state index in [1.54, 1.807) is 24.3 Å². The Labute approximate surface area is 139 Å². The second-order valence-corrected chi connectivity index (χ2v) is 5.96. The summed E-state index contributed by atoms with van der Waals surface area (Å²) in [6.45, 7) is 4.47. The van der Waals surface area contributed by atoms with Crippen molar-refractivity contribution in [2.75, 3.05) is 13.1 Å². The van der Waals surface area contributed by atoms with Crippen molar-refractivity contribution in [2.45, 2.75) is 20.3 Å². The minimum Gasteiger partial charge on any atom is -0.481 e. The zero-order valence-corrected chi connectivity index (χ0v) is 13.7. The van der Waals surface area contributed by atoms with Gasteiger partial charge in [-0.1, -0.05) is 13.8 Å². The molecule has 0 saturated carbocycles. The molecule has 0 spiro atoms. The summed E-state index contributed by atoms with van der Waals surface area (Å²) in [5, 5.41) is 8.83. The largest absolute Gasteiger partial charge is 0.481 e. The molecule has 6 heteroatoms. The van der Waals surface area contributed by atoms with Gasteiger partial charge < -0.3 is 14.4 Å². The number of hydrogen-bond donors (Lipinski definition) is 1. The number of hydrogen-bond acceptors (Lipinski definition) is 3. The van der Waals surface area contributed by atoms with Gasteiger partial charge in [0.25, 0.3) is 5.91 Å². The van der Waals surface area contributed by atoms with Crippen molar-refractivity contribution >= 4 is 11.9 Å². The van der Waals surface area contributed by atoms with E-state index in [-0.39, 0.29) is 36.4 Å². The number of benzene rings is 1. The van der Waals surface area contributed by atoms with Crippen LogP contribution in [0.1, 0.15) is 30.8 Å². The lowest BCUT2D eigenvalue weighted by Gasteiger charge is -2.22. The molecule has 0 radical (unpaired) electrons. The van der Waals surface area contributed by atoms with Crippen LogP contribution in [0, 0.1) is 11.7 Å². The highest BCUT2D eigenvalue weighted by atomic mass is 19.1. The standard InChI is InChI=1S/C18H20FNO4/c1-12(2)11-20(10-9-17(21)22)18(23)16-8-7-15(24-16)13-3-5-14(19)6-4-13/h3-8,12H,9-11H2,1-2H3,(H,21,22). The highest BCUT2D eigenvalue weighted by Gasteiger charge is 2.21. The van der Waals surface area contributed by atoms with Crippen LogP contribution in [0.3, 0.4) is 0 Å². The lowest BCUT2D eigenvalue weighted by Crippen LogP contribution is -2.35. The summed E-state index contributed by atoms with van der Waals surface area (Å²) in [4.78, 5) is 24.8. The Morgan fingerprint density at radius 2 is 1.83 bits per heavy atom. The quantitative estimate of drug-likeness (QED) is 0.839.